The number of carbonyl (C=O) groups is 3. The molecule has 1 saturated heterocycles. The average Bonchev–Trinajstić information content (AvgIpc) is 3.39. The average molecular weight is 420 g/mol. The minimum atomic E-state index is -0.603. The molecule has 30 heavy (non-hydrogen) atoms. The van der Waals surface area contributed by atoms with E-state index in [0.717, 1.165) is 22.4 Å². The molecule has 1 N–H and O–H groups in total. The number of nitrogens with one attached hydrogen (secondary N) is 1. The highest BCUT2D eigenvalue weighted by atomic mass is 32.1. The van der Waals surface area contributed by atoms with Crippen LogP contribution in [0.3, 0.4) is 0 Å². The van der Waals surface area contributed by atoms with Gasteiger partial charge in [-0.25, -0.2) is 0 Å². The van der Waals surface area contributed by atoms with Crippen LogP contribution in [-0.2, 0) is 23.2 Å². The van der Waals surface area contributed by atoms with Gasteiger partial charge in [0, 0.05) is 31.1 Å². The van der Waals surface area contributed by atoms with Gasteiger partial charge in [0.25, 0.3) is 5.91 Å². The molecule has 2 aliphatic heterocycles. The van der Waals surface area contributed by atoms with E-state index >= 15 is 0 Å². The van der Waals surface area contributed by atoms with Gasteiger partial charge in [0.15, 0.2) is 0 Å². The molecule has 1 unspecified atom stereocenters. The molecule has 7 nitrogen and oxygen atoms in total. The van der Waals surface area contributed by atoms with Gasteiger partial charge < -0.3 is 4.90 Å². The summed E-state index contributed by atoms with van der Waals surface area (Å²) in [5.41, 5.74) is 5.75. The molecule has 152 valence electrons. The van der Waals surface area contributed by atoms with Crippen LogP contribution in [0.5, 0.6) is 0 Å². The molecule has 5 rings (SSSR count). The summed E-state index contributed by atoms with van der Waals surface area (Å²) < 4.78 is 1.88. The van der Waals surface area contributed by atoms with E-state index in [1.165, 1.54) is 10.4 Å². The SMILES string of the molecule is Cc1ccsc1-c1c(-c2ccc3c(c2)CN(C2CCC(=O)NC2=O)C3=O)cnn1C. The molecule has 4 heterocycles. The largest absolute Gasteiger partial charge is 0.322 e. The predicted octanol–water partition coefficient (Wildman–Crippen LogP) is 2.89. The Kier molecular flexibility index (Phi) is 4.32. The number of rotatable bonds is 3. The third-order valence-electron chi connectivity index (χ3n) is 5.85. The van der Waals surface area contributed by atoms with Crippen molar-refractivity contribution in [1.82, 2.24) is 20.0 Å². The van der Waals surface area contributed by atoms with Gasteiger partial charge in [-0.3, -0.25) is 24.4 Å². The van der Waals surface area contributed by atoms with Gasteiger partial charge >= 0.3 is 0 Å². The summed E-state index contributed by atoms with van der Waals surface area (Å²) in [7, 11) is 1.93. The number of benzene rings is 1. The molecule has 0 aliphatic carbocycles. The Balaban J connectivity index is 1.50. The number of aromatic nitrogens is 2. The van der Waals surface area contributed by atoms with E-state index in [-0.39, 0.29) is 18.2 Å². The van der Waals surface area contributed by atoms with E-state index in [2.05, 4.69) is 28.8 Å². The maximum absolute atomic E-state index is 12.9. The zero-order chi connectivity index (χ0) is 21.0. The fraction of sp³-hybridized carbons (Fsp3) is 0.273. The minimum Gasteiger partial charge on any atom is -0.322 e. The quantitative estimate of drug-likeness (QED) is 0.661. The summed E-state index contributed by atoms with van der Waals surface area (Å²) in [5.74, 6) is -0.836. The number of amides is 3. The van der Waals surface area contributed by atoms with Crippen molar-refractivity contribution in [2.45, 2.75) is 32.4 Å². The first-order chi connectivity index (χ1) is 14.4. The van der Waals surface area contributed by atoms with Crippen molar-refractivity contribution in [2.24, 2.45) is 7.05 Å². The summed E-state index contributed by atoms with van der Waals surface area (Å²) in [6.07, 6.45) is 2.47. The summed E-state index contributed by atoms with van der Waals surface area (Å²) in [6.45, 7) is 2.45. The van der Waals surface area contributed by atoms with Crippen molar-refractivity contribution in [1.29, 1.82) is 0 Å². The van der Waals surface area contributed by atoms with E-state index in [4.69, 9.17) is 0 Å². The number of thiophene rings is 1. The van der Waals surface area contributed by atoms with Gasteiger partial charge in [0.2, 0.25) is 11.8 Å². The van der Waals surface area contributed by atoms with Gasteiger partial charge in [-0.1, -0.05) is 6.07 Å². The van der Waals surface area contributed by atoms with Gasteiger partial charge in [0.1, 0.15) is 6.04 Å². The summed E-state index contributed by atoms with van der Waals surface area (Å²) in [4.78, 5) is 39.4. The van der Waals surface area contributed by atoms with Crippen LogP contribution in [0.1, 0.15) is 34.3 Å². The van der Waals surface area contributed by atoms with E-state index < -0.39 is 11.9 Å². The maximum Gasteiger partial charge on any atom is 0.255 e. The Morgan fingerprint density at radius 2 is 2.00 bits per heavy atom. The van der Waals surface area contributed by atoms with Gasteiger partial charge in [-0.2, -0.15) is 5.10 Å². The first kappa shape index (κ1) is 18.7. The lowest BCUT2D eigenvalue weighted by atomic mass is 9.99. The highest BCUT2D eigenvalue weighted by Crippen LogP contribution is 2.38. The fourth-order valence-electron chi connectivity index (χ4n) is 4.28. The summed E-state index contributed by atoms with van der Waals surface area (Å²) >= 11 is 1.68. The van der Waals surface area contributed by atoms with Gasteiger partial charge in [-0.15, -0.1) is 11.3 Å². The van der Waals surface area contributed by atoms with Crippen molar-refractivity contribution >= 4 is 29.1 Å². The van der Waals surface area contributed by atoms with Crippen LogP contribution in [0, 0.1) is 6.92 Å². The lowest BCUT2D eigenvalue weighted by Gasteiger charge is -2.29. The topological polar surface area (TPSA) is 84.3 Å². The second-order valence-corrected chi connectivity index (χ2v) is 8.65. The van der Waals surface area contributed by atoms with Crippen LogP contribution in [0.25, 0.3) is 21.7 Å². The van der Waals surface area contributed by atoms with Crippen molar-refractivity contribution in [3.63, 3.8) is 0 Å². The molecule has 1 aromatic carbocycles. The molecule has 2 aromatic heterocycles. The zero-order valence-electron chi connectivity index (χ0n) is 16.6. The molecule has 3 aromatic rings. The highest BCUT2D eigenvalue weighted by molar-refractivity contribution is 7.13. The lowest BCUT2D eigenvalue weighted by Crippen LogP contribution is -2.52. The second-order valence-electron chi connectivity index (χ2n) is 7.74. The summed E-state index contributed by atoms with van der Waals surface area (Å²) in [6, 6.07) is 7.28. The minimum absolute atomic E-state index is 0.161. The third kappa shape index (κ3) is 2.87. The lowest BCUT2D eigenvalue weighted by molar-refractivity contribution is -0.136. The second kappa shape index (κ2) is 6.91. The van der Waals surface area contributed by atoms with Crippen LogP contribution in [-0.4, -0.2) is 38.4 Å². The standard InChI is InChI=1S/C22H20N4O3S/c1-12-7-8-30-20(12)19-16(10-23-25(19)2)13-3-4-15-14(9-13)11-26(22(15)29)17-5-6-18(27)24-21(17)28/h3-4,7-10,17H,5-6,11H2,1-2H3,(H,24,27,28). The Bertz CT molecular complexity index is 1210. The molecule has 0 spiro atoms. The third-order valence-corrected chi connectivity index (χ3v) is 6.87. The van der Waals surface area contributed by atoms with Crippen LogP contribution < -0.4 is 5.32 Å². The van der Waals surface area contributed by atoms with Crippen molar-refractivity contribution in [3.05, 3.63) is 52.5 Å². The fourth-order valence-corrected chi connectivity index (χ4v) is 5.29. The molecule has 0 saturated carbocycles. The molecule has 0 bridgehead atoms. The Morgan fingerprint density at radius 1 is 1.17 bits per heavy atom. The smallest absolute Gasteiger partial charge is 0.255 e. The predicted molar refractivity (Wildman–Crippen MR) is 113 cm³/mol. The molecule has 1 atom stereocenters. The van der Waals surface area contributed by atoms with Crippen LogP contribution in [0.2, 0.25) is 0 Å². The normalized spacial score (nSPS) is 18.7. The zero-order valence-corrected chi connectivity index (χ0v) is 17.5. The van der Waals surface area contributed by atoms with Crippen molar-refractivity contribution in [2.75, 3.05) is 0 Å². The Hall–Kier alpha value is -3.26. The highest BCUT2D eigenvalue weighted by Gasteiger charge is 2.39. The van der Waals surface area contributed by atoms with Crippen LogP contribution in [0.4, 0.5) is 0 Å². The van der Waals surface area contributed by atoms with E-state index in [9.17, 15) is 14.4 Å². The molecular formula is C22H20N4O3S. The molecule has 8 heteroatoms. The van der Waals surface area contributed by atoms with E-state index in [0.29, 0.717) is 18.5 Å². The number of aryl methyl sites for hydroxylation is 2. The maximum atomic E-state index is 12.9. The number of hydrogen-bond donors (Lipinski definition) is 1. The van der Waals surface area contributed by atoms with Crippen molar-refractivity contribution in [3.8, 4) is 21.7 Å². The van der Waals surface area contributed by atoms with Gasteiger partial charge in [0.05, 0.1) is 16.8 Å². The van der Waals surface area contributed by atoms with Gasteiger partial charge in [-0.05, 0) is 53.6 Å². The number of imide groups is 1. The molecular weight excluding hydrogens is 400 g/mol. The monoisotopic (exact) mass is 420 g/mol. The molecule has 2 aliphatic rings. The number of fused-ring (bicyclic) bond motifs is 1. The van der Waals surface area contributed by atoms with Crippen LogP contribution in [0.15, 0.2) is 35.8 Å². The van der Waals surface area contributed by atoms with Crippen LogP contribution >= 0.6 is 11.3 Å². The van der Waals surface area contributed by atoms with E-state index in [1.54, 1.807) is 16.2 Å². The Morgan fingerprint density at radius 3 is 2.73 bits per heavy atom. The Labute approximate surface area is 177 Å². The number of nitrogens with zero attached hydrogens (tertiary/aromatic N) is 3. The molecule has 1 fully saturated rings. The summed E-state index contributed by atoms with van der Waals surface area (Å²) in [5, 5.41) is 8.88. The number of carbonyl (C=O) groups excluding carboxylic acids is 3. The van der Waals surface area contributed by atoms with E-state index in [1.807, 2.05) is 36.1 Å². The van der Waals surface area contributed by atoms with Crippen molar-refractivity contribution < 1.29 is 14.4 Å². The number of hydrogen-bond acceptors (Lipinski definition) is 5. The first-order valence-corrected chi connectivity index (χ1v) is 10.7. The number of piperidine rings is 1. The molecule has 3 amide bonds. The first-order valence-electron chi connectivity index (χ1n) is 9.78. The molecule has 0 radical (unpaired) electrons.